The minimum Gasteiger partial charge on any atom is -0.497 e. The maximum absolute atomic E-state index is 14.9. The third-order valence-corrected chi connectivity index (χ3v) is 13.8. The highest BCUT2D eigenvalue weighted by Gasteiger charge is 2.44. The number of carbonyl (C=O) groups is 1. The first kappa shape index (κ1) is 39.5. The van der Waals surface area contributed by atoms with Crippen molar-refractivity contribution in [3.63, 3.8) is 0 Å². The summed E-state index contributed by atoms with van der Waals surface area (Å²) in [4.78, 5) is 14.8. The van der Waals surface area contributed by atoms with Crippen LogP contribution in [0.15, 0.2) is 102 Å². The van der Waals surface area contributed by atoms with E-state index in [0.29, 0.717) is 42.0 Å². The van der Waals surface area contributed by atoms with Gasteiger partial charge in [0.1, 0.15) is 17.2 Å². The van der Waals surface area contributed by atoms with Gasteiger partial charge in [-0.05, 0) is 121 Å². The van der Waals surface area contributed by atoms with Crippen LogP contribution >= 0.6 is 11.6 Å². The van der Waals surface area contributed by atoms with Crippen molar-refractivity contribution in [2.75, 3.05) is 45.9 Å². The maximum atomic E-state index is 14.9. The fourth-order valence-electron chi connectivity index (χ4n) is 8.61. The van der Waals surface area contributed by atoms with Crippen molar-refractivity contribution < 1.29 is 32.2 Å². The van der Waals surface area contributed by atoms with E-state index in [0.717, 1.165) is 48.9 Å². The van der Waals surface area contributed by atoms with Gasteiger partial charge in [0, 0.05) is 36.6 Å². The molecule has 3 aliphatic rings. The number of rotatable bonds is 13. The minimum atomic E-state index is -4.05. The highest BCUT2D eigenvalue weighted by atomic mass is 35.5. The highest BCUT2D eigenvalue weighted by molar-refractivity contribution is 7.89. The number of sulfonamides is 1. The summed E-state index contributed by atoms with van der Waals surface area (Å²) in [6.45, 7) is 6.04. The Labute approximate surface area is 335 Å². The highest BCUT2D eigenvalue weighted by Crippen LogP contribution is 2.47. The number of nitrogens with one attached hydrogen (secondary N) is 1. The van der Waals surface area contributed by atoms with Crippen molar-refractivity contribution in [3.05, 3.63) is 125 Å². The summed E-state index contributed by atoms with van der Waals surface area (Å²) in [5, 5.41) is 3.67. The van der Waals surface area contributed by atoms with E-state index in [2.05, 4.69) is 28.9 Å². The number of halogens is 1. The number of aryl methyl sites for hydroxylation is 1. The number of benzene rings is 4. The van der Waals surface area contributed by atoms with E-state index in [4.69, 9.17) is 30.5 Å². The van der Waals surface area contributed by atoms with E-state index in [-0.39, 0.29) is 41.3 Å². The van der Waals surface area contributed by atoms with Crippen LogP contribution in [0, 0.1) is 11.8 Å². The molecule has 10 nitrogen and oxygen atoms in total. The molecule has 0 aromatic heterocycles. The summed E-state index contributed by atoms with van der Waals surface area (Å²) < 4.78 is 53.7. The summed E-state index contributed by atoms with van der Waals surface area (Å²) in [7, 11) is 0.518. The Hall–Kier alpha value is -4.71. The molecule has 56 heavy (non-hydrogen) atoms. The molecule has 1 saturated carbocycles. The molecule has 1 N–H and O–H groups in total. The Morgan fingerprint density at radius 3 is 2.25 bits per heavy atom. The molecule has 0 bridgehead atoms. The van der Waals surface area contributed by atoms with Gasteiger partial charge in [0.2, 0.25) is 10.0 Å². The lowest BCUT2D eigenvalue weighted by Crippen LogP contribution is -2.51. The average molecular weight is 800 g/mol. The normalized spacial score (nSPS) is 20.8. The molecule has 12 heteroatoms. The van der Waals surface area contributed by atoms with Crippen molar-refractivity contribution >= 4 is 33.4 Å². The smallest absolute Gasteiger partial charge is 0.407 e. The third-order valence-electron chi connectivity index (χ3n) is 11.8. The first-order valence-electron chi connectivity index (χ1n) is 19.1. The molecule has 4 aromatic carbocycles. The fourth-order valence-corrected chi connectivity index (χ4v) is 10.2. The zero-order valence-electron chi connectivity index (χ0n) is 32.2. The van der Waals surface area contributed by atoms with Crippen LogP contribution in [0.3, 0.4) is 0 Å². The predicted octanol–water partition coefficient (Wildman–Crippen LogP) is 8.16. The van der Waals surface area contributed by atoms with Gasteiger partial charge >= 0.3 is 6.09 Å². The van der Waals surface area contributed by atoms with E-state index >= 15 is 0 Å². The number of hydrogen-bond acceptors (Lipinski definition) is 8. The van der Waals surface area contributed by atoms with Crippen LogP contribution in [0.1, 0.15) is 47.9 Å². The van der Waals surface area contributed by atoms with Gasteiger partial charge in [-0.15, -0.1) is 6.58 Å². The SMILES string of the molecule is C=C[C@@H](NC(=O)OC)[C@@H]1CC[C@H]1CN1C[C@@]2(CCCc3cc(Cl)ccc32)COc2ccc(S(=O)(=O)N(Cc3ccc(OC)cc3)Cc3ccc(OC)cc3)cc21. The Kier molecular flexibility index (Phi) is 11.9. The molecule has 4 atom stereocenters. The van der Waals surface area contributed by atoms with E-state index in [1.807, 2.05) is 60.7 Å². The fraction of sp³-hybridized carbons (Fsp3) is 0.386. The largest absolute Gasteiger partial charge is 0.497 e. The van der Waals surface area contributed by atoms with Gasteiger partial charge in [0.25, 0.3) is 0 Å². The zero-order valence-corrected chi connectivity index (χ0v) is 33.8. The Morgan fingerprint density at radius 1 is 0.982 bits per heavy atom. The molecule has 2 aliphatic carbocycles. The molecule has 0 saturated heterocycles. The Balaban J connectivity index is 1.27. The van der Waals surface area contributed by atoms with Crippen LogP contribution in [0.4, 0.5) is 10.5 Å². The molecule has 4 aromatic rings. The van der Waals surface area contributed by atoms with Gasteiger partial charge in [-0.1, -0.05) is 48.0 Å². The van der Waals surface area contributed by atoms with Gasteiger partial charge in [-0.3, -0.25) is 0 Å². The number of alkyl carbamates (subject to hydrolysis) is 1. The van der Waals surface area contributed by atoms with Crippen molar-refractivity contribution in [3.8, 4) is 17.2 Å². The monoisotopic (exact) mass is 799 g/mol. The second kappa shape index (κ2) is 16.8. The third kappa shape index (κ3) is 8.21. The van der Waals surface area contributed by atoms with E-state index < -0.39 is 16.1 Å². The number of amides is 1. The average Bonchev–Trinajstić information content (AvgIpc) is 3.35. The van der Waals surface area contributed by atoms with Crippen molar-refractivity contribution in [2.24, 2.45) is 11.8 Å². The number of carbonyl (C=O) groups excluding carboxylic acids is 1. The molecular formula is C44H50ClN3O7S. The number of anilines is 1. The maximum Gasteiger partial charge on any atom is 0.407 e. The lowest BCUT2D eigenvalue weighted by molar-refractivity contribution is 0.127. The molecule has 0 radical (unpaired) electrons. The molecule has 296 valence electrons. The van der Waals surface area contributed by atoms with E-state index in [1.165, 1.54) is 22.5 Å². The zero-order chi connectivity index (χ0) is 39.5. The molecular weight excluding hydrogens is 750 g/mol. The van der Waals surface area contributed by atoms with Crippen LogP contribution in [0.5, 0.6) is 17.2 Å². The van der Waals surface area contributed by atoms with Gasteiger partial charge in [-0.25, -0.2) is 13.2 Å². The summed E-state index contributed by atoms with van der Waals surface area (Å²) in [6.07, 6.45) is 6.02. The number of ether oxygens (including phenoxy) is 4. The van der Waals surface area contributed by atoms with Gasteiger partial charge in [-0.2, -0.15) is 4.31 Å². The standard InChI is InChI=1S/C44H50ClN3O7S/c1-5-40(46-43(49)54-4)38-19-12-33(38)27-47-28-44(22-6-7-32-23-34(45)13-20-39(32)44)29-55-42-21-18-37(24-41(42)47)56(50,51)48(25-30-8-14-35(52-2)15-9-30)26-31-10-16-36(53-3)17-11-31/h5,8-11,13-18,20-21,23-24,33,38,40H,1,6-7,12,19,22,25-29H2,2-4H3,(H,46,49)/t33-,38+,40+,44-/m0/s1. The first-order chi connectivity index (χ1) is 27.0. The molecule has 1 aliphatic heterocycles. The van der Waals surface area contributed by atoms with Crippen LogP contribution in [-0.4, -0.2) is 65.9 Å². The lowest BCUT2D eigenvalue weighted by Gasteiger charge is -2.46. The molecule has 0 unspecified atom stereocenters. The van der Waals surface area contributed by atoms with Gasteiger partial charge in [0.05, 0.1) is 44.6 Å². The summed E-state index contributed by atoms with van der Waals surface area (Å²) in [6, 6.07) is 26.1. The lowest BCUT2D eigenvalue weighted by atomic mass is 9.68. The Morgan fingerprint density at radius 2 is 1.66 bits per heavy atom. The second-order valence-corrected chi connectivity index (χ2v) is 17.5. The van der Waals surface area contributed by atoms with Crippen LogP contribution in [0.25, 0.3) is 0 Å². The number of fused-ring (bicyclic) bond motifs is 3. The topological polar surface area (TPSA) is 107 Å². The van der Waals surface area contributed by atoms with Crippen LogP contribution < -0.4 is 24.4 Å². The van der Waals surface area contributed by atoms with E-state index in [9.17, 15) is 13.2 Å². The number of methoxy groups -OCH3 is 3. The minimum absolute atomic E-state index is 0.143. The molecule has 1 spiro atoms. The molecule has 1 fully saturated rings. The van der Waals surface area contributed by atoms with E-state index in [1.54, 1.807) is 32.4 Å². The summed E-state index contributed by atoms with van der Waals surface area (Å²) in [5.41, 5.74) is 4.50. The van der Waals surface area contributed by atoms with Crippen LogP contribution in [0.2, 0.25) is 5.02 Å². The molecule has 7 rings (SSSR count). The van der Waals surface area contributed by atoms with Crippen molar-refractivity contribution in [1.82, 2.24) is 9.62 Å². The van der Waals surface area contributed by atoms with Crippen molar-refractivity contribution in [2.45, 2.75) is 61.5 Å². The van der Waals surface area contributed by atoms with Gasteiger partial charge in [0.15, 0.2) is 0 Å². The van der Waals surface area contributed by atoms with Crippen LogP contribution in [-0.2, 0) is 39.7 Å². The Bertz CT molecular complexity index is 2100. The first-order valence-corrected chi connectivity index (χ1v) is 20.9. The summed E-state index contributed by atoms with van der Waals surface area (Å²) >= 11 is 6.49. The summed E-state index contributed by atoms with van der Waals surface area (Å²) in [5.74, 6) is 2.37. The quantitative estimate of drug-likeness (QED) is 0.135. The molecule has 1 heterocycles. The second-order valence-electron chi connectivity index (χ2n) is 15.1. The van der Waals surface area contributed by atoms with Crippen molar-refractivity contribution in [1.29, 1.82) is 0 Å². The van der Waals surface area contributed by atoms with Gasteiger partial charge < -0.3 is 29.2 Å². The number of hydrogen-bond donors (Lipinski definition) is 1. The molecule has 1 amide bonds. The number of nitrogens with zero attached hydrogens (tertiary/aromatic N) is 2. The predicted molar refractivity (Wildman–Crippen MR) is 218 cm³/mol.